The maximum Gasteiger partial charge on any atom is 0.349 e. The lowest BCUT2D eigenvalue weighted by Gasteiger charge is -2.13. The van der Waals surface area contributed by atoms with Gasteiger partial charge in [0.2, 0.25) is 15.8 Å². The standard InChI is InChI=1S/C21H19NO5S2/c1-14(19(23)16-8-10-17(11-9-16)22-29(2,25)26)27-21(24)20-18(12-13-28-20)15-6-4-3-5-7-15/h3-14,22H,1-2H3/t14-/m1/s1. The molecule has 3 aromatic rings. The van der Waals surface area contributed by atoms with Crippen LogP contribution in [0.25, 0.3) is 11.1 Å². The minimum atomic E-state index is -3.40. The van der Waals surface area contributed by atoms with Crippen LogP contribution in [0.4, 0.5) is 5.69 Å². The maximum absolute atomic E-state index is 12.6. The minimum absolute atomic E-state index is 0.318. The van der Waals surface area contributed by atoms with Crippen LogP contribution in [0, 0.1) is 0 Å². The van der Waals surface area contributed by atoms with Gasteiger partial charge in [0.15, 0.2) is 6.10 Å². The van der Waals surface area contributed by atoms with E-state index >= 15 is 0 Å². The molecule has 8 heteroatoms. The fourth-order valence-corrected chi connectivity index (χ4v) is 4.09. The zero-order valence-corrected chi connectivity index (χ0v) is 17.4. The molecule has 0 saturated carbocycles. The van der Waals surface area contributed by atoms with Crippen LogP contribution in [0.2, 0.25) is 0 Å². The zero-order valence-electron chi connectivity index (χ0n) is 15.8. The Morgan fingerprint density at radius 3 is 2.28 bits per heavy atom. The summed E-state index contributed by atoms with van der Waals surface area (Å²) < 4.78 is 30.2. The summed E-state index contributed by atoms with van der Waals surface area (Å²) in [5.41, 5.74) is 2.32. The summed E-state index contributed by atoms with van der Waals surface area (Å²) in [6.45, 7) is 1.51. The number of anilines is 1. The Hall–Kier alpha value is -2.97. The molecule has 0 radical (unpaired) electrons. The lowest BCUT2D eigenvalue weighted by Crippen LogP contribution is -2.24. The summed E-state index contributed by atoms with van der Waals surface area (Å²) in [5, 5.41) is 1.80. The van der Waals surface area contributed by atoms with Gasteiger partial charge in [0, 0.05) is 16.8 Å². The first-order valence-electron chi connectivity index (χ1n) is 8.70. The van der Waals surface area contributed by atoms with Gasteiger partial charge in [-0.1, -0.05) is 30.3 Å². The van der Waals surface area contributed by atoms with Crippen molar-refractivity contribution < 1.29 is 22.7 Å². The average Bonchev–Trinajstić information content (AvgIpc) is 3.17. The molecule has 0 unspecified atom stereocenters. The van der Waals surface area contributed by atoms with Crippen LogP contribution >= 0.6 is 11.3 Å². The third kappa shape index (κ3) is 5.30. The first-order valence-corrected chi connectivity index (χ1v) is 11.5. The number of carbonyl (C=O) groups is 2. The molecule has 150 valence electrons. The van der Waals surface area contributed by atoms with E-state index < -0.39 is 22.1 Å². The number of hydrogen-bond acceptors (Lipinski definition) is 6. The van der Waals surface area contributed by atoms with E-state index in [0.717, 1.165) is 17.4 Å². The van der Waals surface area contributed by atoms with Gasteiger partial charge in [-0.3, -0.25) is 9.52 Å². The molecule has 1 N–H and O–H groups in total. The van der Waals surface area contributed by atoms with Crippen molar-refractivity contribution in [1.82, 2.24) is 0 Å². The molecular weight excluding hydrogens is 410 g/mol. The fourth-order valence-electron chi connectivity index (χ4n) is 2.73. The van der Waals surface area contributed by atoms with Crippen molar-refractivity contribution in [2.45, 2.75) is 13.0 Å². The predicted molar refractivity (Wildman–Crippen MR) is 114 cm³/mol. The van der Waals surface area contributed by atoms with Gasteiger partial charge in [-0.2, -0.15) is 0 Å². The summed E-state index contributed by atoms with van der Waals surface area (Å²) >= 11 is 1.26. The summed E-state index contributed by atoms with van der Waals surface area (Å²) in [6.07, 6.45) is 0.0592. The van der Waals surface area contributed by atoms with Gasteiger partial charge in [-0.15, -0.1) is 11.3 Å². The molecule has 0 spiro atoms. The van der Waals surface area contributed by atoms with Crippen LogP contribution in [0.15, 0.2) is 66.0 Å². The third-order valence-electron chi connectivity index (χ3n) is 4.06. The Balaban J connectivity index is 1.70. The number of rotatable bonds is 7. The van der Waals surface area contributed by atoms with Crippen molar-refractivity contribution in [2.24, 2.45) is 0 Å². The van der Waals surface area contributed by atoms with E-state index in [-0.39, 0.29) is 5.78 Å². The molecule has 0 aliphatic heterocycles. The maximum atomic E-state index is 12.6. The van der Waals surface area contributed by atoms with E-state index in [0.29, 0.717) is 16.1 Å². The van der Waals surface area contributed by atoms with E-state index in [2.05, 4.69) is 4.72 Å². The normalized spacial score (nSPS) is 12.2. The van der Waals surface area contributed by atoms with Gasteiger partial charge in [-0.05, 0) is 48.2 Å². The Kier molecular flexibility index (Phi) is 6.14. The summed E-state index contributed by atoms with van der Waals surface area (Å²) in [6, 6.07) is 17.3. The predicted octanol–water partition coefficient (Wildman–Crippen LogP) is 4.21. The number of sulfonamides is 1. The first kappa shape index (κ1) is 20.8. The SMILES string of the molecule is C[C@@H](OC(=O)c1sccc1-c1ccccc1)C(=O)c1ccc(NS(C)(=O)=O)cc1. The van der Waals surface area contributed by atoms with E-state index in [4.69, 9.17) is 4.74 Å². The second kappa shape index (κ2) is 8.59. The first-order chi connectivity index (χ1) is 13.7. The van der Waals surface area contributed by atoms with Crippen molar-refractivity contribution in [1.29, 1.82) is 0 Å². The third-order valence-corrected chi connectivity index (χ3v) is 5.56. The molecule has 0 fully saturated rings. The number of thiophene rings is 1. The molecule has 2 aromatic carbocycles. The van der Waals surface area contributed by atoms with Crippen LogP contribution in [-0.2, 0) is 14.8 Å². The van der Waals surface area contributed by atoms with Gasteiger partial charge in [0.1, 0.15) is 4.88 Å². The minimum Gasteiger partial charge on any atom is -0.450 e. The number of benzene rings is 2. The van der Waals surface area contributed by atoms with Gasteiger partial charge < -0.3 is 4.74 Å². The second-order valence-corrected chi connectivity index (χ2v) is 9.06. The van der Waals surface area contributed by atoms with Gasteiger partial charge >= 0.3 is 5.97 Å². The molecule has 1 heterocycles. The van der Waals surface area contributed by atoms with Crippen molar-refractivity contribution in [3.05, 3.63) is 76.5 Å². The molecule has 0 amide bonds. The van der Waals surface area contributed by atoms with Crippen LogP contribution < -0.4 is 4.72 Å². The highest BCUT2D eigenvalue weighted by molar-refractivity contribution is 7.92. The highest BCUT2D eigenvalue weighted by atomic mass is 32.2. The largest absolute Gasteiger partial charge is 0.450 e. The number of nitrogens with one attached hydrogen (secondary N) is 1. The molecule has 0 aliphatic carbocycles. The molecule has 29 heavy (non-hydrogen) atoms. The number of Topliss-reactive ketones (excluding diaryl/α,β-unsaturated/α-hetero) is 1. The topological polar surface area (TPSA) is 89.5 Å². The zero-order chi connectivity index (χ0) is 21.0. The number of esters is 1. The molecule has 0 saturated heterocycles. The van der Waals surface area contributed by atoms with Crippen molar-refractivity contribution in [3.63, 3.8) is 0 Å². The van der Waals surface area contributed by atoms with E-state index in [1.165, 1.54) is 42.5 Å². The van der Waals surface area contributed by atoms with E-state index in [1.807, 2.05) is 36.4 Å². The van der Waals surface area contributed by atoms with Crippen LogP contribution in [0.5, 0.6) is 0 Å². The van der Waals surface area contributed by atoms with Gasteiger partial charge in [0.05, 0.1) is 6.26 Å². The molecular formula is C21H19NO5S2. The molecule has 1 aromatic heterocycles. The summed E-state index contributed by atoms with van der Waals surface area (Å²) in [4.78, 5) is 25.6. The molecule has 6 nitrogen and oxygen atoms in total. The molecule has 3 rings (SSSR count). The van der Waals surface area contributed by atoms with Crippen molar-refractivity contribution in [2.75, 3.05) is 11.0 Å². The molecule has 0 bridgehead atoms. The fraction of sp³-hybridized carbons (Fsp3) is 0.143. The lowest BCUT2D eigenvalue weighted by atomic mass is 10.1. The van der Waals surface area contributed by atoms with E-state index in [9.17, 15) is 18.0 Å². The van der Waals surface area contributed by atoms with Gasteiger partial charge in [0.25, 0.3) is 0 Å². The number of ether oxygens (including phenoxy) is 1. The Bertz CT molecular complexity index is 1120. The van der Waals surface area contributed by atoms with Crippen molar-refractivity contribution in [3.8, 4) is 11.1 Å². The smallest absolute Gasteiger partial charge is 0.349 e. The van der Waals surface area contributed by atoms with Crippen LogP contribution in [0.3, 0.4) is 0 Å². The van der Waals surface area contributed by atoms with Crippen LogP contribution in [-0.4, -0.2) is 32.5 Å². The van der Waals surface area contributed by atoms with E-state index in [1.54, 1.807) is 5.38 Å². The van der Waals surface area contributed by atoms with Crippen LogP contribution in [0.1, 0.15) is 27.0 Å². The van der Waals surface area contributed by atoms with Gasteiger partial charge in [-0.25, -0.2) is 13.2 Å². The Labute approximate surface area is 173 Å². The Morgan fingerprint density at radius 2 is 1.66 bits per heavy atom. The molecule has 1 atom stereocenters. The number of hydrogen-bond donors (Lipinski definition) is 1. The highest BCUT2D eigenvalue weighted by Gasteiger charge is 2.23. The quantitative estimate of drug-likeness (QED) is 0.449. The lowest BCUT2D eigenvalue weighted by molar-refractivity contribution is 0.0324. The Morgan fingerprint density at radius 1 is 1.00 bits per heavy atom. The van der Waals surface area contributed by atoms with Crippen molar-refractivity contribution >= 4 is 38.8 Å². The summed E-state index contributed by atoms with van der Waals surface area (Å²) in [5.74, 6) is -0.933. The number of ketones is 1. The highest BCUT2D eigenvalue weighted by Crippen LogP contribution is 2.29. The second-order valence-electron chi connectivity index (χ2n) is 6.39. The molecule has 0 aliphatic rings. The monoisotopic (exact) mass is 429 g/mol. The summed E-state index contributed by atoms with van der Waals surface area (Å²) in [7, 11) is -3.40. The number of carbonyl (C=O) groups excluding carboxylic acids is 2. The average molecular weight is 430 g/mol.